The van der Waals surface area contributed by atoms with Crippen LogP contribution in [-0.2, 0) is 24.0 Å². The number of carboxylic acid groups (broad SMARTS) is 3. The van der Waals surface area contributed by atoms with Crippen LogP contribution in [0.4, 0.5) is 0 Å². The summed E-state index contributed by atoms with van der Waals surface area (Å²) in [6, 6.07) is -2.10. The van der Waals surface area contributed by atoms with Gasteiger partial charge in [-0.2, -0.15) is 0 Å². The van der Waals surface area contributed by atoms with Gasteiger partial charge in [-0.15, -0.1) is 0 Å². The minimum Gasteiger partial charge on any atom is -0.481 e. The highest BCUT2D eigenvalue weighted by Crippen LogP contribution is 2.16. The van der Waals surface area contributed by atoms with Crippen molar-refractivity contribution in [2.75, 3.05) is 0 Å². The highest BCUT2D eigenvalue weighted by atomic mass is 16.4. The third kappa shape index (κ3) is 9.11. The molecule has 0 saturated heterocycles. The molecule has 0 aliphatic rings. The fourth-order valence-electron chi connectivity index (χ4n) is 2.27. The van der Waals surface area contributed by atoms with Gasteiger partial charge in [-0.3, -0.25) is 24.0 Å². The van der Waals surface area contributed by atoms with E-state index in [2.05, 4.69) is 5.32 Å². The van der Waals surface area contributed by atoms with E-state index in [9.17, 15) is 24.0 Å². The van der Waals surface area contributed by atoms with E-state index < -0.39 is 54.0 Å². The summed E-state index contributed by atoms with van der Waals surface area (Å²) < 4.78 is 0. The van der Waals surface area contributed by atoms with Crippen LogP contribution in [0, 0.1) is 11.8 Å². The van der Waals surface area contributed by atoms with E-state index >= 15 is 0 Å². The highest BCUT2D eigenvalue weighted by molar-refractivity contribution is 5.93. The lowest BCUT2D eigenvalue weighted by Crippen LogP contribution is -2.51. The summed E-state index contributed by atoms with van der Waals surface area (Å²) in [5.74, 6) is -6.32. The molecule has 3 atom stereocenters. The number of amides is 1. The maximum atomic E-state index is 12.4. The van der Waals surface area contributed by atoms with Crippen molar-refractivity contribution in [3.8, 4) is 0 Å². The molecule has 10 nitrogen and oxygen atoms in total. The summed E-state index contributed by atoms with van der Waals surface area (Å²) in [6.07, 6.45) is -1.41. The molecule has 1 amide bonds. The Morgan fingerprint density at radius 2 is 1.42 bits per heavy atom. The maximum absolute atomic E-state index is 12.4. The zero-order valence-electron chi connectivity index (χ0n) is 14.8. The van der Waals surface area contributed by atoms with Gasteiger partial charge in [0.25, 0.3) is 0 Å². The van der Waals surface area contributed by atoms with Crippen molar-refractivity contribution in [2.45, 2.75) is 58.0 Å². The van der Waals surface area contributed by atoms with Crippen molar-refractivity contribution in [3.05, 3.63) is 0 Å². The van der Waals surface area contributed by atoms with E-state index in [1.54, 1.807) is 13.8 Å². The number of carbonyl (C=O) groups is 5. The van der Waals surface area contributed by atoms with Gasteiger partial charge in [0.1, 0.15) is 0 Å². The van der Waals surface area contributed by atoms with Crippen LogP contribution >= 0.6 is 0 Å². The van der Waals surface area contributed by atoms with E-state index in [4.69, 9.17) is 21.1 Å². The molecule has 3 unspecified atom stereocenters. The Kier molecular flexibility index (Phi) is 10.1. The Morgan fingerprint density at radius 1 is 0.923 bits per heavy atom. The zero-order valence-corrected chi connectivity index (χ0v) is 14.8. The molecule has 0 aliphatic heterocycles. The smallest absolute Gasteiger partial charge is 0.306 e. The van der Waals surface area contributed by atoms with Gasteiger partial charge in [0.15, 0.2) is 5.78 Å². The molecule has 6 N–H and O–H groups in total. The minimum atomic E-state index is -1.29. The molecule has 10 heteroatoms. The van der Waals surface area contributed by atoms with E-state index in [1.807, 2.05) is 0 Å². The van der Waals surface area contributed by atoms with Gasteiger partial charge in [0.05, 0.1) is 18.0 Å². The summed E-state index contributed by atoms with van der Waals surface area (Å²) in [6.45, 7) is 3.30. The third-order valence-corrected chi connectivity index (χ3v) is 3.82. The van der Waals surface area contributed by atoms with Gasteiger partial charge >= 0.3 is 17.9 Å². The van der Waals surface area contributed by atoms with Crippen LogP contribution in [0.25, 0.3) is 0 Å². The molecule has 0 aromatic heterocycles. The first kappa shape index (κ1) is 23.5. The van der Waals surface area contributed by atoms with Crippen LogP contribution in [0.2, 0.25) is 0 Å². The van der Waals surface area contributed by atoms with Crippen molar-refractivity contribution in [1.82, 2.24) is 5.32 Å². The third-order valence-electron chi connectivity index (χ3n) is 3.82. The lowest BCUT2D eigenvalue weighted by molar-refractivity contribution is -0.145. The first-order valence-corrected chi connectivity index (χ1v) is 8.20. The predicted molar refractivity (Wildman–Crippen MR) is 89.2 cm³/mol. The van der Waals surface area contributed by atoms with Crippen molar-refractivity contribution < 1.29 is 39.3 Å². The summed E-state index contributed by atoms with van der Waals surface area (Å²) in [5, 5.41) is 28.8. The lowest BCUT2D eigenvalue weighted by Gasteiger charge is -2.24. The first-order chi connectivity index (χ1) is 12.0. The van der Waals surface area contributed by atoms with E-state index in [1.165, 1.54) is 0 Å². The molecule has 0 radical (unpaired) electrons. The van der Waals surface area contributed by atoms with Crippen LogP contribution in [0.15, 0.2) is 0 Å². The number of ketones is 1. The largest absolute Gasteiger partial charge is 0.481 e. The van der Waals surface area contributed by atoms with Crippen LogP contribution in [0.1, 0.15) is 46.0 Å². The molecule has 0 fully saturated rings. The number of hydrogen-bond acceptors (Lipinski definition) is 6. The Bertz CT molecular complexity index is 546. The SMILES string of the molecule is CC(C)C(NC(=O)C(N)CCC(=O)O)C(=O)CC(CCC(=O)O)C(=O)O. The van der Waals surface area contributed by atoms with Gasteiger partial charge in [0, 0.05) is 19.3 Å². The van der Waals surface area contributed by atoms with Crippen LogP contribution in [-0.4, -0.2) is 57.0 Å². The Morgan fingerprint density at radius 3 is 1.85 bits per heavy atom. The van der Waals surface area contributed by atoms with E-state index in [-0.39, 0.29) is 31.6 Å². The number of rotatable bonds is 13. The zero-order chi connectivity index (χ0) is 20.4. The van der Waals surface area contributed by atoms with E-state index in [0.29, 0.717) is 0 Å². The van der Waals surface area contributed by atoms with Crippen LogP contribution < -0.4 is 11.1 Å². The molecule has 0 aliphatic carbocycles. The monoisotopic (exact) mass is 374 g/mol. The molecule has 0 heterocycles. The molecule has 0 spiro atoms. The second-order valence-electron chi connectivity index (χ2n) is 6.41. The number of Topliss-reactive ketones (excluding diaryl/α,β-unsaturated/α-hetero) is 1. The number of nitrogens with one attached hydrogen (secondary N) is 1. The van der Waals surface area contributed by atoms with Crippen LogP contribution in [0.5, 0.6) is 0 Å². The average Bonchev–Trinajstić information content (AvgIpc) is 2.52. The topological polar surface area (TPSA) is 184 Å². The molecule has 148 valence electrons. The van der Waals surface area contributed by atoms with Gasteiger partial charge in [-0.25, -0.2) is 0 Å². The number of hydrogen-bond donors (Lipinski definition) is 5. The van der Waals surface area contributed by atoms with Crippen LogP contribution in [0.3, 0.4) is 0 Å². The molecule has 0 aromatic carbocycles. The number of nitrogens with two attached hydrogens (primary N) is 1. The molecule has 0 aromatic rings. The van der Waals surface area contributed by atoms with Gasteiger partial charge in [-0.05, 0) is 18.8 Å². The second kappa shape index (κ2) is 11.2. The van der Waals surface area contributed by atoms with Crippen molar-refractivity contribution in [1.29, 1.82) is 0 Å². The first-order valence-electron chi connectivity index (χ1n) is 8.20. The van der Waals surface area contributed by atoms with Gasteiger partial charge < -0.3 is 26.4 Å². The van der Waals surface area contributed by atoms with Gasteiger partial charge in [-0.1, -0.05) is 13.8 Å². The highest BCUT2D eigenvalue weighted by Gasteiger charge is 2.30. The Labute approximate surface area is 150 Å². The molecule has 26 heavy (non-hydrogen) atoms. The minimum absolute atomic E-state index is 0.101. The predicted octanol–water partition coefficient (Wildman–Crippen LogP) is -0.156. The van der Waals surface area contributed by atoms with Crippen molar-refractivity contribution in [2.24, 2.45) is 17.6 Å². The quantitative estimate of drug-likeness (QED) is 0.292. The molecule has 0 rings (SSSR count). The normalized spacial score (nSPS) is 14.3. The number of carbonyl (C=O) groups excluding carboxylic acids is 2. The summed E-state index contributed by atoms with van der Waals surface area (Å²) >= 11 is 0. The van der Waals surface area contributed by atoms with Gasteiger partial charge in [0.2, 0.25) is 5.91 Å². The molecule has 0 saturated carbocycles. The summed E-state index contributed by atoms with van der Waals surface area (Å²) in [7, 11) is 0. The molecular weight excluding hydrogens is 348 g/mol. The summed E-state index contributed by atoms with van der Waals surface area (Å²) in [5.41, 5.74) is 5.60. The maximum Gasteiger partial charge on any atom is 0.306 e. The Balaban J connectivity index is 4.92. The fourth-order valence-corrected chi connectivity index (χ4v) is 2.27. The van der Waals surface area contributed by atoms with Crippen molar-refractivity contribution >= 4 is 29.6 Å². The second-order valence-corrected chi connectivity index (χ2v) is 6.41. The van der Waals surface area contributed by atoms with E-state index in [0.717, 1.165) is 0 Å². The number of aliphatic carboxylic acids is 3. The summed E-state index contributed by atoms with van der Waals surface area (Å²) in [4.78, 5) is 56.8. The average molecular weight is 374 g/mol. The standard InChI is InChI=1S/C16H26N2O8/c1-8(2)14(18-15(24)10(17)4-6-13(22)23)11(19)7-9(16(25)26)3-5-12(20)21/h8-10,14H,3-7,17H2,1-2H3,(H,18,24)(H,20,21)(H,22,23)(H,25,26). The Hall–Kier alpha value is -2.49. The molecular formula is C16H26N2O8. The number of carboxylic acids is 3. The fraction of sp³-hybridized carbons (Fsp3) is 0.688. The molecule has 0 bridgehead atoms. The lowest BCUT2D eigenvalue weighted by atomic mass is 9.90. The van der Waals surface area contributed by atoms with Crippen molar-refractivity contribution in [3.63, 3.8) is 0 Å².